The van der Waals surface area contributed by atoms with Gasteiger partial charge >= 0.3 is 0 Å². The van der Waals surface area contributed by atoms with E-state index in [1.807, 2.05) is 0 Å². The van der Waals surface area contributed by atoms with E-state index in [2.05, 4.69) is 18.7 Å². The lowest BCUT2D eigenvalue weighted by molar-refractivity contribution is -0.215. The third kappa shape index (κ3) is 3.91. The molecule has 6 fully saturated rings. The van der Waals surface area contributed by atoms with Crippen molar-refractivity contribution in [3.63, 3.8) is 0 Å². The van der Waals surface area contributed by atoms with E-state index in [-0.39, 0.29) is 11.7 Å². The zero-order valence-corrected chi connectivity index (χ0v) is 21.8. The van der Waals surface area contributed by atoms with Crippen molar-refractivity contribution in [2.45, 2.75) is 109 Å². The van der Waals surface area contributed by atoms with Crippen LogP contribution in [0.1, 0.15) is 90.9 Å². The summed E-state index contributed by atoms with van der Waals surface area (Å²) >= 11 is 0. The summed E-state index contributed by atoms with van der Waals surface area (Å²) in [4.78, 5) is 2.57. The quantitative estimate of drug-likeness (QED) is 0.586. The molecule has 0 bridgehead atoms. The Kier molecular flexibility index (Phi) is 6.59. The molecular formula is C29H49NO4. The minimum atomic E-state index is -0.504. The summed E-state index contributed by atoms with van der Waals surface area (Å²) < 4.78 is 18.1. The molecule has 1 N–H and O–H groups in total. The minimum Gasteiger partial charge on any atom is -0.389 e. The number of hydrogen-bond donors (Lipinski definition) is 1. The smallest absolute Gasteiger partial charge is 0.158 e. The normalized spacial score (nSPS) is 49.7. The Morgan fingerprint density at radius 2 is 1.71 bits per heavy atom. The Morgan fingerprint density at radius 1 is 0.912 bits per heavy atom. The minimum absolute atomic E-state index is 0.0164. The van der Waals surface area contributed by atoms with Crippen LogP contribution in [0.2, 0.25) is 0 Å². The van der Waals surface area contributed by atoms with Gasteiger partial charge in [-0.1, -0.05) is 13.8 Å². The van der Waals surface area contributed by atoms with Gasteiger partial charge in [0.15, 0.2) is 6.29 Å². The molecule has 34 heavy (non-hydrogen) atoms. The van der Waals surface area contributed by atoms with Gasteiger partial charge < -0.3 is 24.2 Å². The first-order valence-electron chi connectivity index (χ1n) is 14.7. The SMILES string of the molecule is C[C@]12CCC(OCCN3CCCC3)CC1CC[C@@H]1[C@H]2CC[C@]2(C)C(CC3OCCO3)CC[C@@]12O. The van der Waals surface area contributed by atoms with Gasteiger partial charge in [-0.3, -0.25) is 0 Å². The molecular weight excluding hydrogens is 426 g/mol. The monoisotopic (exact) mass is 475 g/mol. The summed E-state index contributed by atoms with van der Waals surface area (Å²) in [5, 5.41) is 12.4. The Balaban J connectivity index is 1.10. The van der Waals surface area contributed by atoms with E-state index >= 15 is 0 Å². The van der Waals surface area contributed by atoms with Crippen molar-refractivity contribution >= 4 is 0 Å². The van der Waals surface area contributed by atoms with Crippen molar-refractivity contribution < 1.29 is 19.3 Å². The number of fused-ring (bicyclic) bond motifs is 5. The lowest BCUT2D eigenvalue weighted by atomic mass is 9.43. The van der Waals surface area contributed by atoms with Crippen LogP contribution < -0.4 is 0 Å². The molecule has 2 heterocycles. The van der Waals surface area contributed by atoms with Crippen LogP contribution in [0.25, 0.3) is 0 Å². The first kappa shape index (κ1) is 24.2. The van der Waals surface area contributed by atoms with Crippen LogP contribution in [0.5, 0.6) is 0 Å². The predicted octanol–water partition coefficient (Wildman–Crippen LogP) is 5.00. The lowest BCUT2D eigenvalue weighted by Gasteiger charge is -2.63. The van der Waals surface area contributed by atoms with Crippen molar-refractivity contribution in [3.05, 3.63) is 0 Å². The van der Waals surface area contributed by atoms with Crippen molar-refractivity contribution in [3.8, 4) is 0 Å². The maximum Gasteiger partial charge on any atom is 0.158 e. The second-order valence-corrected chi connectivity index (χ2v) is 13.3. The Bertz CT molecular complexity index is 721. The standard InChI is InChI=1S/C29H49NO4/c1-27-10-8-23(32-16-15-30-13-3-4-14-30)19-21(27)5-6-25-24(27)9-11-28(2)22(7-12-29(25,28)31)20-26-33-17-18-34-26/h21-26,31H,3-20H2,1-2H3/t21?,22?,23?,24-,25-,27+,28-,29-/m1/s1. The second-order valence-electron chi connectivity index (χ2n) is 13.3. The second kappa shape index (κ2) is 9.28. The molecule has 4 aliphatic carbocycles. The van der Waals surface area contributed by atoms with Crippen molar-refractivity contribution in [2.24, 2.45) is 34.5 Å². The topological polar surface area (TPSA) is 51.2 Å². The molecule has 8 atom stereocenters. The predicted molar refractivity (Wildman–Crippen MR) is 132 cm³/mol. The number of rotatable bonds is 6. The van der Waals surface area contributed by atoms with Gasteiger partial charge in [0, 0.05) is 13.0 Å². The van der Waals surface area contributed by atoms with E-state index in [9.17, 15) is 5.11 Å². The van der Waals surface area contributed by atoms with Crippen molar-refractivity contribution in [2.75, 3.05) is 39.5 Å². The molecule has 0 aromatic carbocycles. The third-order valence-corrected chi connectivity index (χ3v) is 12.1. The van der Waals surface area contributed by atoms with Crippen LogP contribution in [0.4, 0.5) is 0 Å². The Labute approximate surface area is 207 Å². The van der Waals surface area contributed by atoms with Crippen LogP contribution in [-0.2, 0) is 14.2 Å². The summed E-state index contributed by atoms with van der Waals surface area (Å²) in [5.74, 6) is 2.43. The summed E-state index contributed by atoms with van der Waals surface area (Å²) in [5.41, 5.74) is -0.108. The van der Waals surface area contributed by atoms with E-state index in [1.165, 1.54) is 70.9 Å². The van der Waals surface area contributed by atoms with Gasteiger partial charge in [-0.05, 0) is 118 Å². The zero-order chi connectivity index (χ0) is 23.4. The molecule has 2 aliphatic heterocycles. The highest BCUT2D eigenvalue weighted by Gasteiger charge is 2.67. The van der Waals surface area contributed by atoms with Crippen LogP contribution in [0.3, 0.4) is 0 Å². The van der Waals surface area contributed by atoms with Crippen LogP contribution in [-0.4, -0.2) is 67.5 Å². The maximum atomic E-state index is 12.4. The van der Waals surface area contributed by atoms with Crippen LogP contribution in [0.15, 0.2) is 0 Å². The van der Waals surface area contributed by atoms with Crippen molar-refractivity contribution in [1.82, 2.24) is 4.90 Å². The molecule has 5 heteroatoms. The summed E-state index contributed by atoms with van der Waals surface area (Å²) in [6.07, 6.45) is 14.9. The number of hydrogen-bond acceptors (Lipinski definition) is 5. The molecule has 0 radical (unpaired) electrons. The maximum absolute atomic E-state index is 12.4. The van der Waals surface area contributed by atoms with Gasteiger partial charge in [0.25, 0.3) is 0 Å². The Hall–Kier alpha value is -0.200. The summed E-state index contributed by atoms with van der Waals surface area (Å²) in [6, 6.07) is 0. The first-order valence-corrected chi connectivity index (χ1v) is 14.7. The first-order chi connectivity index (χ1) is 16.4. The van der Waals surface area contributed by atoms with E-state index in [0.717, 1.165) is 51.5 Å². The molecule has 6 aliphatic rings. The van der Waals surface area contributed by atoms with E-state index in [1.54, 1.807) is 0 Å². The number of aliphatic hydroxyl groups is 1. The van der Waals surface area contributed by atoms with E-state index < -0.39 is 5.60 Å². The molecule has 0 spiro atoms. The highest BCUT2D eigenvalue weighted by Crippen LogP contribution is 2.69. The van der Waals surface area contributed by atoms with Gasteiger partial charge in [-0.25, -0.2) is 0 Å². The van der Waals surface area contributed by atoms with Gasteiger partial charge in [-0.15, -0.1) is 0 Å². The molecule has 2 saturated heterocycles. The number of nitrogens with zero attached hydrogens (tertiary/aromatic N) is 1. The van der Waals surface area contributed by atoms with Gasteiger partial charge in [0.05, 0.1) is 31.5 Å². The lowest BCUT2D eigenvalue weighted by Crippen LogP contribution is -2.62. The molecule has 4 saturated carbocycles. The van der Waals surface area contributed by atoms with E-state index in [4.69, 9.17) is 14.2 Å². The zero-order valence-electron chi connectivity index (χ0n) is 21.8. The van der Waals surface area contributed by atoms with Crippen LogP contribution >= 0.6 is 0 Å². The van der Waals surface area contributed by atoms with E-state index in [0.29, 0.717) is 29.3 Å². The largest absolute Gasteiger partial charge is 0.389 e. The fourth-order valence-corrected chi connectivity index (χ4v) is 9.96. The third-order valence-electron chi connectivity index (χ3n) is 12.1. The molecule has 6 rings (SSSR count). The molecule has 0 aromatic rings. The fraction of sp³-hybridized carbons (Fsp3) is 1.00. The number of likely N-dealkylation sites (tertiary alicyclic amines) is 1. The molecule has 194 valence electrons. The van der Waals surface area contributed by atoms with Gasteiger partial charge in [0.1, 0.15) is 0 Å². The van der Waals surface area contributed by atoms with Gasteiger partial charge in [0.2, 0.25) is 0 Å². The number of ether oxygens (including phenoxy) is 3. The summed E-state index contributed by atoms with van der Waals surface area (Å²) in [7, 11) is 0. The molecule has 0 aromatic heterocycles. The summed E-state index contributed by atoms with van der Waals surface area (Å²) in [6.45, 7) is 11.0. The molecule has 3 unspecified atom stereocenters. The average molecular weight is 476 g/mol. The highest BCUT2D eigenvalue weighted by molar-refractivity contribution is 5.16. The highest BCUT2D eigenvalue weighted by atomic mass is 16.7. The molecule has 5 nitrogen and oxygen atoms in total. The molecule has 0 amide bonds. The fourth-order valence-electron chi connectivity index (χ4n) is 9.96. The van der Waals surface area contributed by atoms with Crippen molar-refractivity contribution in [1.29, 1.82) is 0 Å². The van der Waals surface area contributed by atoms with Gasteiger partial charge in [-0.2, -0.15) is 0 Å². The average Bonchev–Trinajstić information content (AvgIpc) is 3.57. The van der Waals surface area contributed by atoms with Crippen LogP contribution in [0, 0.1) is 34.5 Å². The Morgan fingerprint density at radius 3 is 2.50 bits per heavy atom.